The molecule has 90 valence electrons. The lowest BCUT2D eigenvalue weighted by molar-refractivity contribution is 0.0797. The third kappa shape index (κ3) is 1.29. The monoisotopic (exact) mass is 238 g/mol. The van der Waals surface area contributed by atoms with Crippen LogP contribution in [0.2, 0.25) is 0 Å². The minimum atomic E-state index is -0.676. The first-order valence-electron chi connectivity index (χ1n) is 6.10. The van der Waals surface area contributed by atoms with E-state index in [0.29, 0.717) is 23.1 Å². The van der Waals surface area contributed by atoms with E-state index in [2.05, 4.69) is 0 Å². The molecule has 0 aliphatic heterocycles. The Hall–Kier alpha value is -1.96. The van der Waals surface area contributed by atoms with Gasteiger partial charge in [-0.05, 0) is 20.3 Å². The van der Waals surface area contributed by atoms with Crippen LogP contribution in [-0.2, 0) is 0 Å². The van der Waals surface area contributed by atoms with Crippen molar-refractivity contribution in [3.8, 4) is 0 Å². The number of carbonyl (C=O) groups is 2. The van der Waals surface area contributed by atoms with Gasteiger partial charge in [0.05, 0.1) is 5.41 Å². The molecule has 0 saturated carbocycles. The lowest BCUT2D eigenvalue weighted by atomic mass is 9.63. The van der Waals surface area contributed by atoms with Gasteiger partial charge in [0.2, 0.25) is 0 Å². The fourth-order valence-corrected chi connectivity index (χ4v) is 2.97. The van der Waals surface area contributed by atoms with Crippen molar-refractivity contribution < 1.29 is 9.59 Å². The van der Waals surface area contributed by atoms with E-state index in [0.717, 1.165) is 5.57 Å². The average molecular weight is 238 g/mol. The molecule has 0 fully saturated rings. The van der Waals surface area contributed by atoms with Gasteiger partial charge in [0.15, 0.2) is 11.6 Å². The predicted molar refractivity (Wildman–Crippen MR) is 69.7 cm³/mol. The molecule has 0 amide bonds. The molecule has 0 N–H and O–H groups in total. The molecule has 0 spiro atoms. The Morgan fingerprint density at radius 1 is 1.06 bits per heavy atom. The van der Waals surface area contributed by atoms with Gasteiger partial charge in [-0.15, -0.1) is 0 Å². The van der Waals surface area contributed by atoms with Crippen LogP contribution in [0.4, 0.5) is 0 Å². The standard InChI is InChI=1S/C16H14O2/c1-10-7-8-13-14(17)11-5-3-4-6-12(11)15(18)16(13,2)9-10/h3-8H,9H2,1-2H3/t16-/m0/s1. The molecule has 2 aliphatic rings. The molecule has 0 radical (unpaired) electrons. The normalized spacial score (nSPS) is 26.1. The number of hydrogen-bond donors (Lipinski definition) is 0. The van der Waals surface area contributed by atoms with Crippen LogP contribution in [0.1, 0.15) is 41.0 Å². The summed E-state index contributed by atoms with van der Waals surface area (Å²) in [7, 11) is 0. The van der Waals surface area contributed by atoms with Crippen molar-refractivity contribution in [1.82, 2.24) is 0 Å². The Bertz CT molecular complexity index is 634. The number of allylic oxidation sites excluding steroid dienone is 4. The summed E-state index contributed by atoms with van der Waals surface area (Å²) in [5.74, 6) is 0.0628. The molecule has 18 heavy (non-hydrogen) atoms. The summed E-state index contributed by atoms with van der Waals surface area (Å²) in [5.41, 5.74) is 2.21. The molecular formula is C16H14O2. The van der Waals surface area contributed by atoms with E-state index in [1.807, 2.05) is 32.1 Å². The summed E-state index contributed by atoms with van der Waals surface area (Å²) in [6.07, 6.45) is 4.39. The molecule has 0 aromatic heterocycles. The zero-order valence-corrected chi connectivity index (χ0v) is 10.5. The number of Topliss-reactive ketones (excluding diaryl/α,β-unsaturated/α-hetero) is 2. The van der Waals surface area contributed by atoms with E-state index in [-0.39, 0.29) is 11.6 Å². The first-order chi connectivity index (χ1) is 8.54. The lowest BCUT2D eigenvalue weighted by Gasteiger charge is -2.37. The number of rotatable bonds is 0. The van der Waals surface area contributed by atoms with Crippen LogP contribution in [0.3, 0.4) is 0 Å². The maximum absolute atomic E-state index is 12.6. The van der Waals surface area contributed by atoms with Gasteiger partial charge >= 0.3 is 0 Å². The van der Waals surface area contributed by atoms with Crippen molar-refractivity contribution in [3.05, 3.63) is 58.7 Å². The van der Waals surface area contributed by atoms with Crippen molar-refractivity contribution in [2.24, 2.45) is 5.41 Å². The summed E-state index contributed by atoms with van der Waals surface area (Å²) in [6.45, 7) is 3.88. The van der Waals surface area contributed by atoms with Crippen molar-refractivity contribution in [2.75, 3.05) is 0 Å². The third-order valence-corrected chi connectivity index (χ3v) is 3.92. The zero-order chi connectivity index (χ0) is 12.9. The summed E-state index contributed by atoms with van der Waals surface area (Å²) in [6, 6.07) is 7.11. The number of carbonyl (C=O) groups excluding carboxylic acids is 2. The molecule has 0 unspecified atom stereocenters. The maximum Gasteiger partial charge on any atom is 0.190 e. The van der Waals surface area contributed by atoms with Crippen LogP contribution in [0.25, 0.3) is 0 Å². The Morgan fingerprint density at radius 2 is 1.72 bits per heavy atom. The van der Waals surface area contributed by atoms with Crippen molar-refractivity contribution in [2.45, 2.75) is 20.3 Å². The molecule has 1 aromatic rings. The second-order valence-electron chi connectivity index (χ2n) is 5.31. The molecule has 1 atom stereocenters. The number of benzene rings is 1. The van der Waals surface area contributed by atoms with E-state index in [9.17, 15) is 9.59 Å². The molecule has 0 saturated heterocycles. The van der Waals surface area contributed by atoms with Gasteiger partial charge in [-0.25, -0.2) is 0 Å². The van der Waals surface area contributed by atoms with Gasteiger partial charge in [-0.3, -0.25) is 9.59 Å². The molecule has 2 heteroatoms. The SMILES string of the molecule is CC1=CC=C2C(=O)c3ccccc3C(=O)[C@@]2(C)C1. The molecule has 2 aliphatic carbocycles. The molecule has 3 rings (SSSR count). The highest BCUT2D eigenvalue weighted by Crippen LogP contribution is 2.45. The van der Waals surface area contributed by atoms with E-state index in [4.69, 9.17) is 0 Å². The maximum atomic E-state index is 12.6. The Balaban J connectivity index is 2.29. The van der Waals surface area contributed by atoms with Crippen LogP contribution in [-0.4, -0.2) is 11.6 Å². The van der Waals surface area contributed by atoms with Crippen LogP contribution in [0.15, 0.2) is 47.6 Å². The Morgan fingerprint density at radius 3 is 2.44 bits per heavy atom. The van der Waals surface area contributed by atoms with Gasteiger partial charge < -0.3 is 0 Å². The summed E-state index contributed by atoms with van der Waals surface area (Å²) in [5, 5.41) is 0. The zero-order valence-electron chi connectivity index (χ0n) is 10.5. The molecular weight excluding hydrogens is 224 g/mol. The van der Waals surface area contributed by atoms with Gasteiger partial charge in [0.1, 0.15) is 0 Å². The smallest absolute Gasteiger partial charge is 0.190 e. The van der Waals surface area contributed by atoms with Gasteiger partial charge in [0.25, 0.3) is 0 Å². The number of hydrogen-bond acceptors (Lipinski definition) is 2. The fourth-order valence-electron chi connectivity index (χ4n) is 2.97. The first kappa shape index (κ1) is 11.1. The Kier molecular flexibility index (Phi) is 2.18. The van der Waals surface area contributed by atoms with Crippen molar-refractivity contribution in [3.63, 3.8) is 0 Å². The average Bonchev–Trinajstić information content (AvgIpc) is 2.36. The topological polar surface area (TPSA) is 34.1 Å². The summed E-state index contributed by atoms with van der Waals surface area (Å²) in [4.78, 5) is 25.1. The minimum Gasteiger partial charge on any atom is -0.293 e. The van der Waals surface area contributed by atoms with Crippen LogP contribution in [0.5, 0.6) is 0 Å². The quantitative estimate of drug-likeness (QED) is 0.694. The van der Waals surface area contributed by atoms with Crippen LogP contribution in [0, 0.1) is 5.41 Å². The molecule has 0 bridgehead atoms. The Labute approximate surface area is 106 Å². The highest BCUT2D eigenvalue weighted by atomic mass is 16.1. The highest BCUT2D eigenvalue weighted by molar-refractivity contribution is 6.25. The molecule has 2 nitrogen and oxygen atoms in total. The first-order valence-corrected chi connectivity index (χ1v) is 6.10. The number of ketones is 2. The fraction of sp³-hybridized carbons (Fsp3) is 0.250. The van der Waals surface area contributed by atoms with E-state index >= 15 is 0 Å². The summed E-state index contributed by atoms with van der Waals surface area (Å²) < 4.78 is 0. The van der Waals surface area contributed by atoms with Gasteiger partial charge in [0, 0.05) is 16.7 Å². The van der Waals surface area contributed by atoms with E-state index in [1.165, 1.54) is 0 Å². The van der Waals surface area contributed by atoms with E-state index in [1.54, 1.807) is 18.2 Å². The third-order valence-electron chi connectivity index (χ3n) is 3.92. The largest absolute Gasteiger partial charge is 0.293 e. The second-order valence-corrected chi connectivity index (χ2v) is 5.31. The molecule has 0 heterocycles. The van der Waals surface area contributed by atoms with Gasteiger partial charge in [-0.2, -0.15) is 0 Å². The van der Waals surface area contributed by atoms with E-state index < -0.39 is 5.41 Å². The lowest BCUT2D eigenvalue weighted by Crippen LogP contribution is -2.40. The van der Waals surface area contributed by atoms with Gasteiger partial charge in [-0.1, -0.05) is 42.0 Å². The van der Waals surface area contributed by atoms with Crippen LogP contribution >= 0.6 is 0 Å². The van der Waals surface area contributed by atoms with Crippen molar-refractivity contribution in [1.29, 1.82) is 0 Å². The molecule has 1 aromatic carbocycles. The van der Waals surface area contributed by atoms with Crippen molar-refractivity contribution >= 4 is 11.6 Å². The predicted octanol–water partition coefficient (Wildman–Crippen LogP) is 3.35. The summed E-state index contributed by atoms with van der Waals surface area (Å²) >= 11 is 0. The number of fused-ring (bicyclic) bond motifs is 2. The minimum absolute atomic E-state index is 0.00329. The second kappa shape index (κ2) is 3.52. The van der Waals surface area contributed by atoms with Crippen LogP contribution < -0.4 is 0 Å². The highest BCUT2D eigenvalue weighted by Gasteiger charge is 2.47.